The monoisotopic (exact) mass is 488 g/mol. The maximum Gasteiger partial charge on any atom is 0.291 e. The van der Waals surface area contributed by atoms with E-state index in [-0.39, 0.29) is 41.0 Å². The summed E-state index contributed by atoms with van der Waals surface area (Å²) >= 11 is 0. The lowest BCUT2D eigenvalue weighted by atomic mass is 9.82. The van der Waals surface area contributed by atoms with E-state index in [9.17, 15) is 9.59 Å². The Kier molecular flexibility index (Phi) is 7.29. The number of carbonyl (C=O) groups excluding carboxylic acids is 1. The molecule has 1 aliphatic carbocycles. The standard InChI is InChI=1S/C26H40N4O5/c1-15-21(28-35-23(15)19-13-18(33-7)14-20(34-19)26(3,4)5)24(31)27-22-16(2)29(6)30(25(22)32)17-11-9-8-10-12-17/h17-20H,8-14H2,1-7H3,(H,27,31)/t18-,19+,20-/m1/s1. The van der Waals surface area contributed by atoms with Crippen molar-refractivity contribution in [1.82, 2.24) is 14.5 Å². The third kappa shape index (κ3) is 4.98. The van der Waals surface area contributed by atoms with Crippen molar-refractivity contribution in [2.75, 3.05) is 12.4 Å². The number of ether oxygens (including phenoxy) is 2. The fourth-order valence-corrected chi connectivity index (χ4v) is 5.44. The number of anilines is 1. The molecular weight excluding hydrogens is 448 g/mol. The van der Waals surface area contributed by atoms with E-state index in [1.54, 1.807) is 11.8 Å². The van der Waals surface area contributed by atoms with Crippen LogP contribution < -0.4 is 10.9 Å². The Morgan fingerprint density at radius 2 is 1.83 bits per heavy atom. The summed E-state index contributed by atoms with van der Waals surface area (Å²) in [6, 6.07) is 0.166. The zero-order valence-electron chi connectivity index (χ0n) is 22.1. The Morgan fingerprint density at radius 1 is 1.14 bits per heavy atom. The lowest BCUT2D eigenvalue weighted by Gasteiger charge is -2.40. The highest BCUT2D eigenvalue weighted by Gasteiger charge is 2.39. The van der Waals surface area contributed by atoms with E-state index in [0.29, 0.717) is 23.4 Å². The van der Waals surface area contributed by atoms with Gasteiger partial charge in [0.1, 0.15) is 11.8 Å². The first-order valence-electron chi connectivity index (χ1n) is 12.8. The topological polar surface area (TPSA) is 101 Å². The molecule has 35 heavy (non-hydrogen) atoms. The minimum absolute atomic E-state index is 0.0156. The second-order valence-electron chi connectivity index (χ2n) is 11.2. The lowest BCUT2D eigenvalue weighted by molar-refractivity contribution is -0.150. The Labute approximate surface area is 207 Å². The molecule has 1 saturated carbocycles. The van der Waals surface area contributed by atoms with Crippen molar-refractivity contribution in [3.63, 3.8) is 0 Å². The van der Waals surface area contributed by atoms with E-state index in [1.807, 2.05) is 25.6 Å². The summed E-state index contributed by atoms with van der Waals surface area (Å²) in [6.45, 7) is 10.1. The van der Waals surface area contributed by atoms with Gasteiger partial charge in [-0.25, -0.2) is 4.68 Å². The van der Waals surface area contributed by atoms with E-state index >= 15 is 0 Å². The second-order valence-corrected chi connectivity index (χ2v) is 11.2. The molecular formula is C26H40N4O5. The van der Waals surface area contributed by atoms with Crippen molar-refractivity contribution in [3.05, 3.63) is 33.1 Å². The predicted octanol–water partition coefficient (Wildman–Crippen LogP) is 4.83. The number of nitrogens with one attached hydrogen (secondary N) is 1. The molecule has 1 amide bonds. The molecule has 0 unspecified atom stereocenters. The van der Waals surface area contributed by atoms with Crippen LogP contribution in [0.5, 0.6) is 0 Å². The fraction of sp³-hybridized carbons (Fsp3) is 0.731. The van der Waals surface area contributed by atoms with Crippen LogP contribution >= 0.6 is 0 Å². The third-order valence-corrected chi connectivity index (χ3v) is 7.80. The SMILES string of the molecule is CO[C@@H]1C[C@@H](c2onc(C(=O)Nc3c(C)n(C)n(C4CCCCC4)c3=O)c2C)O[C@@H](C(C)(C)C)C1. The molecule has 1 aliphatic heterocycles. The molecule has 9 nitrogen and oxygen atoms in total. The molecule has 0 bridgehead atoms. The summed E-state index contributed by atoms with van der Waals surface area (Å²) in [4.78, 5) is 26.5. The van der Waals surface area contributed by atoms with Crippen molar-refractivity contribution in [2.24, 2.45) is 12.5 Å². The largest absolute Gasteiger partial charge is 0.381 e. The Balaban J connectivity index is 1.57. The number of nitrogens with zero attached hydrogens (tertiary/aromatic N) is 3. The Hall–Kier alpha value is -2.39. The van der Waals surface area contributed by atoms with Crippen molar-refractivity contribution in [3.8, 4) is 0 Å². The van der Waals surface area contributed by atoms with Crippen LogP contribution in [0.1, 0.15) is 105 Å². The number of hydrogen-bond acceptors (Lipinski definition) is 6. The Bertz CT molecular complexity index is 1120. The first-order chi connectivity index (χ1) is 16.5. The summed E-state index contributed by atoms with van der Waals surface area (Å²) in [5, 5.41) is 6.90. The highest BCUT2D eigenvalue weighted by atomic mass is 16.5. The molecule has 1 N–H and O–H groups in total. The van der Waals surface area contributed by atoms with Gasteiger partial charge in [-0.15, -0.1) is 0 Å². The van der Waals surface area contributed by atoms with E-state index in [1.165, 1.54) is 6.42 Å². The fourth-order valence-electron chi connectivity index (χ4n) is 5.44. The molecule has 0 radical (unpaired) electrons. The van der Waals surface area contributed by atoms with Crippen molar-refractivity contribution >= 4 is 11.6 Å². The number of hydrogen-bond donors (Lipinski definition) is 1. The molecule has 194 valence electrons. The van der Waals surface area contributed by atoms with E-state index in [4.69, 9.17) is 14.0 Å². The van der Waals surface area contributed by atoms with Crippen LogP contribution in [-0.4, -0.2) is 39.7 Å². The van der Waals surface area contributed by atoms with Crippen LogP contribution in [-0.2, 0) is 16.5 Å². The molecule has 3 atom stereocenters. The first kappa shape index (κ1) is 25.7. The summed E-state index contributed by atoms with van der Waals surface area (Å²) in [7, 11) is 3.58. The normalized spacial score (nSPS) is 24.0. The van der Waals surface area contributed by atoms with Gasteiger partial charge in [-0.2, -0.15) is 0 Å². The number of rotatable bonds is 5. The molecule has 2 aromatic rings. The zero-order chi connectivity index (χ0) is 25.5. The minimum atomic E-state index is -0.453. The summed E-state index contributed by atoms with van der Waals surface area (Å²) in [5.74, 6) is 0.0844. The highest BCUT2D eigenvalue weighted by molar-refractivity contribution is 6.04. The Morgan fingerprint density at radius 3 is 2.46 bits per heavy atom. The maximum atomic E-state index is 13.3. The van der Waals surface area contributed by atoms with Gasteiger partial charge in [0.25, 0.3) is 11.5 Å². The second kappa shape index (κ2) is 9.93. The van der Waals surface area contributed by atoms with E-state index in [2.05, 4.69) is 31.2 Å². The van der Waals surface area contributed by atoms with Gasteiger partial charge in [-0.05, 0) is 32.1 Å². The number of methoxy groups -OCH3 is 1. The maximum absolute atomic E-state index is 13.3. The van der Waals surface area contributed by atoms with Crippen molar-refractivity contribution < 1.29 is 18.8 Å². The van der Waals surface area contributed by atoms with Gasteiger partial charge in [0.2, 0.25) is 0 Å². The lowest BCUT2D eigenvalue weighted by Crippen LogP contribution is -2.40. The van der Waals surface area contributed by atoms with Gasteiger partial charge >= 0.3 is 0 Å². The molecule has 2 aromatic heterocycles. The third-order valence-electron chi connectivity index (χ3n) is 7.80. The van der Waals surface area contributed by atoms with E-state index in [0.717, 1.165) is 37.8 Å². The minimum Gasteiger partial charge on any atom is -0.381 e. The van der Waals surface area contributed by atoms with Crippen molar-refractivity contribution in [2.45, 2.75) is 104 Å². The number of carbonyl (C=O) groups is 1. The molecule has 2 aliphatic rings. The van der Waals surface area contributed by atoms with Gasteiger partial charge in [0.15, 0.2) is 11.5 Å². The van der Waals surface area contributed by atoms with Gasteiger partial charge in [0.05, 0.1) is 23.9 Å². The van der Waals surface area contributed by atoms with Gasteiger partial charge in [0, 0.05) is 32.6 Å². The zero-order valence-corrected chi connectivity index (χ0v) is 22.1. The number of amides is 1. The van der Waals surface area contributed by atoms with Crippen LogP contribution in [0.15, 0.2) is 9.32 Å². The van der Waals surface area contributed by atoms with Crippen LogP contribution in [0.2, 0.25) is 0 Å². The summed E-state index contributed by atoms with van der Waals surface area (Å²) < 4.78 is 21.4. The molecule has 3 heterocycles. The summed E-state index contributed by atoms with van der Waals surface area (Å²) in [5.41, 5.74) is 1.58. The van der Waals surface area contributed by atoms with Crippen LogP contribution in [0.3, 0.4) is 0 Å². The highest BCUT2D eigenvalue weighted by Crippen LogP contribution is 2.40. The molecule has 0 aromatic carbocycles. The summed E-state index contributed by atoms with van der Waals surface area (Å²) in [6.07, 6.45) is 6.50. The van der Waals surface area contributed by atoms with E-state index < -0.39 is 5.91 Å². The first-order valence-corrected chi connectivity index (χ1v) is 12.8. The van der Waals surface area contributed by atoms with Gasteiger partial charge in [-0.1, -0.05) is 45.2 Å². The van der Waals surface area contributed by atoms with Crippen molar-refractivity contribution in [1.29, 1.82) is 0 Å². The molecule has 4 rings (SSSR count). The predicted molar refractivity (Wildman–Crippen MR) is 133 cm³/mol. The average molecular weight is 489 g/mol. The average Bonchev–Trinajstić information content (AvgIpc) is 3.31. The van der Waals surface area contributed by atoms with Gasteiger partial charge < -0.3 is 19.3 Å². The molecule has 0 spiro atoms. The van der Waals surface area contributed by atoms with Crippen LogP contribution in [0.25, 0.3) is 0 Å². The molecule has 1 saturated heterocycles. The van der Waals surface area contributed by atoms with Gasteiger partial charge in [-0.3, -0.25) is 14.3 Å². The molecule has 2 fully saturated rings. The van der Waals surface area contributed by atoms with Crippen LogP contribution in [0, 0.1) is 19.3 Å². The quantitative estimate of drug-likeness (QED) is 0.647. The molecule has 9 heteroatoms. The number of aromatic nitrogens is 3. The van der Waals surface area contributed by atoms with Crippen LogP contribution in [0.4, 0.5) is 5.69 Å². The smallest absolute Gasteiger partial charge is 0.291 e.